The van der Waals surface area contributed by atoms with Crippen molar-refractivity contribution in [1.29, 1.82) is 0 Å². The van der Waals surface area contributed by atoms with Gasteiger partial charge in [0.15, 0.2) is 28.1 Å². The van der Waals surface area contributed by atoms with Gasteiger partial charge in [0.05, 0.1) is 11.4 Å². The number of aliphatic hydroxyl groups is 1. The Bertz CT molecular complexity index is 1070. The first-order chi connectivity index (χ1) is 12.2. The van der Waals surface area contributed by atoms with Crippen LogP contribution in [0.25, 0.3) is 5.76 Å². The number of fused-ring (bicyclic) bond motifs is 1. The molecule has 3 rings (SSSR count). The van der Waals surface area contributed by atoms with Crippen molar-refractivity contribution >= 4 is 33.1 Å². The van der Waals surface area contributed by atoms with Crippen LogP contribution in [0.2, 0.25) is 0 Å². The number of hydrogen-bond donors (Lipinski definition) is 2. The lowest BCUT2D eigenvalue weighted by atomic mass is 10.1. The molecular formula is C16H11F3N2O4S. The summed E-state index contributed by atoms with van der Waals surface area (Å²) in [6, 6.07) is 7.18. The lowest BCUT2D eigenvalue weighted by Crippen LogP contribution is -2.37. The average molecular weight is 384 g/mol. The second-order valence-electron chi connectivity index (χ2n) is 5.34. The number of rotatable bonds is 2. The van der Waals surface area contributed by atoms with E-state index in [0.29, 0.717) is 6.07 Å². The van der Waals surface area contributed by atoms with Gasteiger partial charge in [-0.15, -0.1) is 0 Å². The highest BCUT2D eigenvalue weighted by molar-refractivity contribution is 7.97. The highest BCUT2D eigenvalue weighted by atomic mass is 32.2. The molecule has 6 nitrogen and oxygen atoms in total. The Kier molecular flexibility index (Phi) is 4.15. The first-order valence-corrected chi connectivity index (χ1v) is 8.56. The van der Waals surface area contributed by atoms with Crippen LogP contribution in [-0.2, 0) is 14.8 Å². The smallest absolute Gasteiger partial charge is 0.273 e. The Hall–Kier alpha value is -3.01. The van der Waals surface area contributed by atoms with Crippen LogP contribution in [0.1, 0.15) is 5.56 Å². The Balaban J connectivity index is 2.10. The molecule has 0 saturated heterocycles. The zero-order valence-electron chi connectivity index (χ0n) is 13.1. The van der Waals surface area contributed by atoms with Crippen molar-refractivity contribution in [3.05, 3.63) is 64.3 Å². The molecule has 2 aromatic rings. The minimum atomic E-state index is -4.45. The summed E-state index contributed by atoms with van der Waals surface area (Å²) in [5, 5.41) is 12.1. The van der Waals surface area contributed by atoms with E-state index in [-0.39, 0.29) is 11.3 Å². The molecule has 1 aliphatic rings. The summed E-state index contributed by atoms with van der Waals surface area (Å²) >= 11 is 0. The zero-order chi connectivity index (χ0) is 19.2. The van der Waals surface area contributed by atoms with Gasteiger partial charge in [-0.25, -0.2) is 21.6 Å². The van der Waals surface area contributed by atoms with E-state index in [1.54, 1.807) is 6.07 Å². The summed E-state index contributed by atoms with van der Waals surface area (Å²) in [6.07, 6.45) is 0. The zero-order valence-corrected chi connectivity index (χ0v) is 13.9. The van der Waals surface area contributed by atoms with E-state index in [9.17, 15) is 31.5 Å². The maximum absolute atomic E-state index is 13.7. The summed E-state index contributed by atoms with van der Waals surface area (Å²) in [5.74, 6) is -7.22. The molecule has 1 heterocycles. The third-order valence-corrected chi connectivity index (χ3v) is 5.63. The van der Waals surface area contributed by atoms with Crippen molar-refractivity contribution in [1.82, 2.24) is 0 Å². The van der Waals surface area contributed by atoms with E-state index in [1.807, 2.05) is 5.32 Å². The number of amides is 1. The van der Waals surface area contributed by atoms with E-state index in [4.69, 9.17) is 0 Å². The van der Waals surface area contributed by atoms with E-state index < -0.39 is 49.7 Å². The number of hydrogen-bond acceptors (Lipinski definition) is 4. The SMILES string of the molecule is CN1c2ccccc2C(O)=C(C(=O)Nc2ccc(F)c(F)c2F)S1(=O)=O. The van der Waals surface area contributed by atoms with Crippen LogP contribution in [-0.4, -0.2) is 26.5 Å². The van der Waals surface area contributed by atoms with Crippen molar-refractivity contribution in [2.24, 2.45) is 0 Å². The Morgan fingerprint density at radius 1 is 1.08 bits per heavy atom. The third kappa shape index (κ3) is 2.58. The van der Waals surface area contributed by atoms with Crippen LogP contribution in [0.3, 0.4) is 0 Å². The molecular weight excluding hydrogens is 373 g/mol. The van der Waals surface area contributed by atoms with E-state index >= 15 is 0 Å². The number of anilines is 2. The summed E-state index contributed by atoms with van der Waals surface area (Å²) in [5.41, 5.74) is -0.563. The number of nitrogens with zero attached hydrogens (tertiary/aromatic N) is 1. The van der Waals surface area contributed by atoms with Crippen LogP contribution < -0.4 is 9.62 Å². The Labute approximate surface area is 146 Å². The minimum absolute atomic E-state index is 0.0701. The number of aliphatic hydroxyl groups excluding tert-OH is 1. The van der Waals surface area contributed by atoms with E-state index in [0.717, 1.165) is 10.4 Å². The maximum Gasteiger partial charge on any atom is 0.273 e. The molecule has 1 aliphatic heterocycles. The van der Waals surface area contributed by atoms with E-state index in [1.165, 1.54) is 25.2 Å². The summed E-state index contributed by atoms with van der Waals surface area (Å²) in [4.78, 5) is 11.3. The van der Waals surface area contributed by atoms with Gasteiger partial charge in [-0.05, 0) is 24.3 Å². The fourth-order valence-corrected chi connectivity index (χ4v) is 3.82. The van der Waals surface area contributed by atoms with Crippen molar-refractivity contribution in [2.45, 2.75) is 0 Å². The fourth-order valence-electron chi connectivity index (χ4n) is 2.49. The number of nitrogens with one attached hydrogen (secondary N) is 1. The summed E-state index contributed by atoms with van der Waals surface area (Å²) in [6.45, 7) is 0. The molecule has 0 aliphatic carbocycles. The highest BCUT2D eigenvalue weighted by Gasteiger charge is 2.39. The van der Waals surface area contributed by atoms with Gasteiger partial charge in [0.25, 0.3) is 15.9 Å². The second-order valence-corrected chi connectivity index (χ2v) is 7.25. The van der Waals surface area contributed by atoms with Gasteiger partial charge < -0.3 is 10.4 Å². The number of benzene rings is 2. The number of para-hydroxylation sites is 1. The molecule has 26 heavy (non-hydrogen) atoms. The van der Waals surface area contributed by atoms with Crippen molar-refractivity contribution < 1.29 is 31.5 Å². The molecule has 0 radical (unpaired) electrons. The Morgan fingerprint density at radius 2 is 1.73 bits per heavy atom. The highest BCUT2D eigenvalue weighted by Crippen LogP contribution is 2.37. The van der Waals surface area contributed by atoms with Crippen LogP contribution >= 0.6 is 0 Å². The van der Waals surface area contributed by atoms with Gasteiger partial charge in [0, 0.05) is 12.6 Å². The van der Waals surface area contributed by atoms with E-state index in [2.05, 4.69) is 0 Å². The van der Waals surface area contributed by atoms with Crippen molar-refractivity contribution in [2.75, 3.05) is 16.7 Å². The van der Waals surface area contributed by atoms with Crippen LogP contribution in [0.5, 0.6) is 0 Å². The lowest BCUT2D eigenvalue weighted by Gasteiger charge is -2.28. The lowest BCUT2D eigenvalue weighted by molar-refractivity contribution is -0.112. The molecule has 136 valence electrons. The standard InChI is InChI=1S/C16H11F3N2O4S/c1-21-11-5-3-2-4-8(11)14(22)15(26(21,24)25)16(23)20-10-7-6-9(17)12(18)13(10)19/h2-7,22H,1H3,(H,20,23). The number of halogens is 3. The number of carbonyl (C=O) groups is 1. The first kappa shape index (κ1) is 17.8. The van der Waals surface area contributed by atoms with Crippen LogP contribution in [0.4, 0.5) is 24.5 Å². The molecule has 0 fully saturated rings. The maximum atomic E-state index is 13.7. The van der Waals surface area contributed by atoms with Crippen molar-refractivity contribution in [3.63, 3.8) is 0 Å². The quantitative estimate of drug-likeness (QED) is 0.780. The van der Waals surface area contributed by atoms with Gasteiger partial charge in [-0.2, -0.15) is 0 Å². The van der Waals surface area contributed by atoms with Gasteiger partial charge in [0.1, 0.15) is 0 Å². The molecule has 0 unspecified atom stereocenters. The number of sulfonamides is 1. The normalized spacial score (nSPS) is 15.6. The second kappa shape index (κ2) is 6.06. The Morgan fingerprint density at radius 3 is 2.42 bits per heavy atom. The molecule has 0 bridgehead atoms. The monoisotopic (exact) mass is 384 g/mol. The van der Waals surface area contributed by atoms with Gasteiger partial charge in [-0.3, -0.25) is 9.10 Å². The van der Waals surface area contributed by atoms with Gasteiger partial charge in [-0.1, -0.05) is 12.1 Å². The molecule has 0 saturated carbocycles. The van der Waals surface area contributed by atoms with Crippen LogP contribution in [0.15, 0.2) is 41.3 Å². The number of carbonyl (C=O) groups excluding carboxylic acids is 1. The largest absolute Gasteiger partial charge is 0.506 e. The van der Waals surface area contributed by atoms with Crippen molar-refractivity contribution in [3.8, 4) is 0 Å². The molecule has 0 atom stereocenters. The molecule has 2 aromatic carbocycles. The average Bonchev–Trinajstić information content (AvgIpc) is 2.60. The van der Waals surface area contributed by atoms with Gasteiger partial charge in [0.2, 0.25) is 0 Å². The molecule has 0 spiro atoms. The molecule has 1 amide bonds. The van der Waals surface area contributed by atoms with Gasteiger partial charge >= 0.3 is 0 Å². The van der Waals surface area contributed by atoms with Crippen LogP contribution in [0, 0.1) is 17.5 Å². The predicted octanol–water partition coefficient (Wildman–Crippen LogP) is 2.75. The molecule has 10 heteroatoms. The summed E-state index contributed by atoms with van der Waals surface area (Å²) < 4.78 is 65.8. The molecule has 0 aromatic heterocycles. The minimum Gasteiger partial charge on any atom is -0.506 e. The molecule has 2 N–H and O–H groups in total. The summed E-state index contributed by atoms with van der Waals surface area (Å²) in [7, 11) is -3.28. The first-order valence-electron chi connectivity index (χ1n) is 7.12. The topological polar surface area (TPSA) is 86.7 Å². The predicted molar refractivity (Wildman–Crippen MR) is 88.3 cm³/mol. The fraction of sp³-hybridized carbons (Fsp3) is 0.0625. The third-order valence-electron chi connectivity index (χ3n) is 3.82.